The predicted molar refractivity (Wildman–Crippen MR) is 57.2 cm³/mol. The molecule has 0 aromatic heterocycles. The van der Waals surface area contributed by atoms with Crippen LogP contribution in [0.15, 0.2) is 24.3 Å². The lowest BCUT2D eigenvalue weighted by Gasteiger charge is -2.17. The van der Waals surface area contributed by atoms with E-state index in [1.807, 2.05) is 0 Å². The smallest absolute Gasteiger partial charge is 0.459 e. The van der Waals surface area contributed by atoms with Gasteiger partial charge in [-0.25, -0.2) is 4.79 Å². The van der Waals surface area contributed by atoms with E-state index < -0.39 is 23.7 Å². The molecule has 7 heteroatoms. The van der Waals surface area contributed by atoms with Gasteiger partial charge in [-0.1, -0.05) is 12.1 Å². The molecule has 1 aromatic rings. The average molecular weight is 259 g/mol. The Kier molecular flexibility index (Phi) is 4.19. The summed E-state index contributed by atoms with van der Waals surface area (Å²) in [6.07, 6.45) is -4.18. The van der Waals surface area contributed by atoms with E-state index in [-0.39, 0.29) is 12.2 Å². The Morgan fingerprint density at radius 3 is 2.50 bits per heavy atom. The highest BCUT2D eigenvalue weighted by atomic mass is 19.3. The van der Waals surface area contributed by atoms with Crippen molar-refractivity contribution < 1.29 is 27.8 Å². The molecule has 0 spiro atoms. The number of carbonyl (C=O) groups excluding carboxylic acids is 2. The highest BCUT2D eigenvalue weighted by Gasteiger charge is 2.44. The molecule has 0 aliphatic heterocycles. The molecule has 1 aromatic carbocycles. The number of primary amides is 1. The maximum Gasteiger partial charge on any atom is 0.502 e. The minimum atomic E-state index is -4.18. The first-order valence-corrected chi connectivity index (χ1v) is 5.01. The minimum Gasteiger partial charge on any atom is -0.459 e. The summed E-state index contributed by atoms with van der Waals surface area (Å²) < 4.78 is 34.9. The van der Waals surface area contributed by atoms with Crippen LogP contribution in [0.3, 0.4) is 0 Å². The van der Waals surface area contributed by atoms with Crippen molar-refractivity contribution in [3.63, 3.8) is 0 Å². The molecule has 2 N–H and O–H groups in total. The van der Waals surface area contributed by atoms with Gasteiger partial charge in [-0.2, -0.15) is 8.78 Å². The Balaban J connectivity index is 2.97. The lowest BCUT2D eigenvalue weighted by Crippen LogP contribution is -2.37. The zero-order valence-corrected chi connectivity index (χ0v) is 9.48. The van der Waals surface area contributed by atoms with Gasteiger partial charge in [0, 0.05) is 0 Å². The second-order valence-corrected chi connectivity index (χ2v) is 3.20. The molecule has 0 aliphatic carbocycles. The number of alkyl halides is 2. The summed E-state index contributed by atoms with van der Waals surface area (Å²) in [7, 11) is 0. The van der Waals surface area contributed by atoms with Crippen LogP contribution in [-0.4, -0.2) is 24.6 Å². The number of ether oxygens (including phenoxy) is 2. The van der Waals surface area contributed by atoms with Crippen molar-refractivity contribution in [1.82, 2.24) is 0 Å². The second kappa shape index (κ2) is 5.44. The average Bonchev–Trinajstić information content (AvgIpc) is 2.29. The SMILES string of the molecule is CCOC(=O)C(F)(F)Oc1ccccc1C(N)=O. The van der Waals surface area contributed by atoms with Crippen LogP contribution in [0.1, 0.15) is 17.3 Å². The van der Waals surface area contributed by atoms with E-state index in [1.165, 1.54) is 25.1 Å². The fourth-order valence-electron chi connectivity index (χ4n) is 1.15. The normalized spacial score (nSPS) is 10.8. The van der Waals surface area contributed by atoms with Gasteiger partial charge in [0.15, 0.2) is 0 Å². The van der Waals surface area contributed by atoms with Gasteiger partial charge in [0.2, 0.25) is 0 Å². The van der Waals surface area contributed by atoms with E-state index in [0.29, 0.717) is 0 Å². The van der Waals surface area contributed by atoms with Gasteiger partial charge in [0.1, 0.15) is 5.75 Å². The molecule has 0 saturated heterocycles. The summed E-state index contributed by atoms with van der Waals surface area (Å²) in [6.45, 7) is 1.17. The number of para-hydroxylation sites is 1. The van der Waals surface area contributed by atoms with E-state index in [9.17, 15) is 18.4 Å². The van der Waals surface area contributed by atoms with E-state index in [4.69, 9.17) is 5.73 Å². The van der Waals surface area contributed by atoms with Gasteiger partial charge < -0.3 is 15.2 Å². The quantitative estimate of drug-likeness (QED) is 0.809. The molecule has 0 aliphatic rings. The van der Waals surface area contributed by atoms with Gasteiger partial charge in [-0.05, 0) is 19.1 Å². The van der Waals surface area contributed by atoms with E-state index in [0.717, 1.165) is 6.07 Å². The number of hydrogen-bond acceptors (Lipinski definition) is 4. The van der Waals surface area contributed by atoms with Crippen LogP contribution in [0, 0.1) is 0 Å². The topological polar surface area (TPSA) is 78.6 Å². The van der Waals surface area contributed by atoms with Gasteiger partial charge in [-0.3, -0.25) is 4.79 Å². The first-order valence-electron chi connectivity index (χ1n) is 5.01. The summed E-state index contributed by atoms with van der Waals surface area (Å²) in [5, 5.41) is 0. The van der Waals surface area contributed by atoms with Crippen LogP contribution in [-0.2, 0) is 9.53 Å². The number of benzene rings is 1. The third-order valence-corrected chi connectivity index (χ3v) is 1.90. The number of halogens is 2. The van der Waals surface area contributed by atoms with Crippen molar-refractivity contribution in [2.24, 2.45) is 5.73 Å². The maximum absolute atomic E-state index is 13.3. The molecule has 0 fully saturated rings. The number of esters is 1. The molecule has 98 valence electrons. The Hall–Kier alpha value is -2.18. The summed E-state index contributed by atoms with van der Waals surface area (Å²) in [6, 6.07) is 5.10. The molecule has 0 radical (unpaired) electrons. The van der Waals surface area contributed by atoms with Crippen molar-refractivity contribution in [2.45, 2.75) is 13.0 Å². The van der Waals surface area contributed by atoms with Crippen molar-refractivity contribution >= 4 is 11.9 Å². The zero-order valence-electron chi connectivity index (χ0n) is 9.48. The summed E-state index contributed by atoms with van der Waals surface area (Å²) in [5.74, 6) is -3.25. The van der Waals surface area contributed by atoms with Gasteiger partial charge in [0.25, 0.3) is 5.91 Å². The van der Waals surface area contributed by atoms with Crippen molar-refractivity contribution in [3.05, 3.63) is 29.8 Å². The van der Waals surface area contributed by atoms with E-state index in [1.54, 1.807) is 0 Å². The Morgan fingerprint density at radius 1 is 1.33 bits per heavy atom. The highest BCUT2D eigenvalue weighted by molar-refractivity contribution is 5.95. The zero-order chi connectivity index (χ0) is 13.8. The van der Waals surface area contributed by atoms with Gasteiger partial charge in [-0.15, -0.1) is 0 Å². The number of hydrogen-bond donors (Lipinski definition) is 1. The predicted octanol–water partition coefficient (Wildman–Crippen LogP) is 1.32. The van der Waals surface area contributed by atoms with Crippen LogP contribution >= 0.6 is 0 Å². The van der Waals surface area contributed by atoms with E-state index in [2.05, 4.69) is 9.47 Å². The third-order valence-electron chi connectivity index (χ3n) is 1.90. The largest absolute Gasteiger partial charge is 0.502 e. The molecule has 0 unspecified atom stereocenters. The molecule has 0 saturated carbocycles. The van der Waals surface area contributed by atoms with Crippen molar-refractivity contribution in [2.75, 3.05) is 6.61 Å². The van der Waals surface area contributed by atoms with E-state index >= 15 is 0 Å². The molecule has 1 amide bonds. The summed E-state index contributed by atoms with van der Waals surface area (Å²) >= 11 is 0. The molecular formula is C11H11F2NO4. The highest BCUT2D eigenvalue weighted by Crippen LogP contribution is 2.26. The Labute approximate surface area is 101 Å². The third kappa shape index (κ3) is 3.16. The number of rotatable bonds is 5. The fraction of sp³-hybridized carbons (Fsp3) is 0.273. The van der Waals surface area contributed by atoms with Crippen LogP contribution < -0.4 is 10.5 Å². The summed E-state index contributed by atoms with van der Waals surface area (Å²) in [5.41, 5.74) is 4.74. The van der Waals surface area contributed by atoms with Gasteiger partial charge in [0.05, 0.1) is 12.2 Å². The van der Waals surface area contributed by atoms with Crippen molar-refractivity contribution in [3.8, 4) is 5.75 Å². The molecule has 0 heterocycles. The lowest BCUT2D eigenvalue weighted by atomic mass is 10.2. The first-order chi connectivity index (χ1) is 8.38. The number of nitrogens with two attached hydrogens (primary N) is 1. The van der Waals surface area contributed by atoms with Crippen LogP contribution in [0.5, 0.6) is 5.75 Å². The Bertz CT molecular complexity index is 462. The van der Waals surface area contributed by atoms with Crippen LogP contribution in [0.2, 0.25) is 0 Å². The lowest BCUT2D eigenvalue weighted by molar-refractivity contribution is -0.216. The molecular weight excluding hydrogens is 248 g/mol. The maximum atomic E-state index is 13.3. The monoisotopic (exact) mass is 259 g/mol. The standard InChI is InChI=1S/C11H11F2NO4/c1-2-17-10(16)11(12,13)18-8-6-4-3-5-7(8)9(14)15/h3-6H,2H2,1H3,(H2,14,15). The fourth-order valence-corrected chi connectivity index (χ4v) is 1.15. The van der Waals surface area contributed by atoms with Crippen LogP contribution in [0.25, 0.3) is 0 Å². The first kappa shape index (κ1) is 13.9. The molecule has 0 bridgehead atoms. The molecule has 18 heavy (non-hydrogen) atoms. The Morgan fingerprint density at radius 2 is 1.94 bits per heavy atom. The molecule has 5 nitrogen and oxygen atoms in total. The van der Waals surface area contributed by atoms with Crippen LogP contribution in [0.4, 0.5) is 8.78 Å². The summed E-state index contributed by atoms with van der Waals surface area (Å²) in [4.78, 5) is 21.9. The van der Waals surface area contributed by atoms with Gasteiger partial charge >= 0.3 is 12.1 Å². The molecule has 1 rings (SSSR count). The minimum absolute atomic E-state index is 0.213. The number of amides is 1. The molecule has 0 atom stereocenters. The number of carbonyl (C=O) groups is 2. The van der Waals surface area contributed by atoms with Crippen molar-refractivity contribution in [1.29, 1.82) is 0 Å². The second-order valence-electron chi connectivity index (χ2n) is 3.20.